The van der Waals surface area contributed by atoms with Crippen molar-refractivity contribution in [2.75, 3.05) is 11.9 Å². The quantitative estimate of drug-likeness (QED) is 0.829. The molecule has 4 heteroatoms. The van der Waals surface area contributed by atoms with E-state index in [2.05, 4.69) is 26.6 Å². The van der Waals surface area contributed by atoms with E-state index in [1.165, 1.54) is 25.7 Å². The second-order valence-electron chi connectivity index (χ2n) is 5.12. The van der Waals surface area contributed by atoms with Crippen LogP contribution in [0.2, 0.25) is 0 Å². The zero-order chi connectivity index (χ0) is 13.5. The number of carbonyl (C=O) groups is 1. The van der Waals surface area contributed by atoms with Gasteiger partial charge in [-0.25, -0.2) is 0 Å². The van der Waals surface area contributed by atoms with Gasteiger partial charge in [0.2, 0.25) is 5.91 Å². The number of benzene rings is 1. The van der Waals surface area contributed by atoms with Crippen LogP contribution in [0.5, 0.6) is 0 Å². The molecule has 0 spiro atoms. The van der Waals surface area contributed by atoms with Crippen LogP contribution in [0.25, 0.3) is 0 Å². The van der Waals surface area contributed by atoms with Gasteiger partial charge < -0.3 is 10.6 Å². The van der Waals surface area contributed by atoms with Crippen LogP contribution < -0.4 is 10.6 Å². The fourth-order valence-electron chi connectivity index (χ4n) is 2.48. The van der Waals surface area contributed by atoms with Gasteiger partial charge in [-0.1, -0.05) is 47.7 Å². The minimum Gasteiger partial charge on any atom is -0.376 e. The Bertz CT molecular complexity index is 414. The molecule has 2 rings (SSSR count). The van der Waals surface area contributed by atoms with Crippen LogP contribution in [-0.4, -0.2) is 18.5 Å². The summed E-state index contributed by atoms with van der Waals surface area (Å²) in [5, 5.41) is 6.28. The Hall–Kier alpha value is -1.03. The minimum absolute atomic E-state index is 0.0897. The van der Waals surface area contributed by atoms with Gasteiger partial charge in [0.15, 0.2) is 0 Å². The minimum atomic E-state index is 0.0897. The molecule has 0 aliphatic heterocycles. The Balaban J connectivity index is 1.74. The van der Waals surface area contributed by atoms with Gasteiger partial charge in [-0.3, -0.25) is 4.79 Å². The zero-order valence-electron chi connectivity index (χ0n) is 11.1. The van der Waals surface area contributed by atoms with Gasteiger partial charge in [0.05, 0.1) is 6.54 Å². The van der Waals surface area contributed by atoms with Crippen molar-refractivity contribution in [2.24, 2.45) is 0 Å². The highest BCUT2D eigenvalue weighted by Crippen LogP contribution is 2.17. The highest BCUT2D eigenvalue weighted by Gasteiger charge is 2.14. The summed E-state index contributed by atoms with van der Waals surface area (Å²) in [5.74, 6) is 0.0897. The van der Waals surface area contributed by atoms with Crippen LogP contribution in [0.3, 0.4) is 0 Å². The van der Waals surface area contributed by atoms with Gasteiger partial charge in [0.1, 0.15) is 0 Å². The summed E-state index contributed by atoms with van der Waals surface area (Å²) < 4.78 is 1.02. The fraction of sp³-hybridized carbons (Fsp3) is 0.533. The lowest BCUT2D eigenvalue weighted by Crippen LogP contribution is -2.38. The average molecular weight is 325 g/mol. The molecule has 0 heterocycles. The van der Waals surface area contributed by atoms with E-state index in [1.807, 2.05) is 24.3 Å². The summed E-state index contributed by atoms with van der Waals surface area (Å²) >= 11 is 3.42. The molecular formula is C15H21BrN2O. The molecule has 1 fully saturated rings. The molecule has 1 aromatic carbocycles. The largest absolute Gasteiger partial charge is 0.376 e. The predicted molar refractivity (Wildman–Crippen MR) is 82.3 cm³/mol. The first-order valence-corrected chi connectivity index (χ1v) is 7.82. The first kappa shape index (κ1) is 14.4. The number of rotatable bonds is 4. The van der Waals surface area contributed by atoms with Crippen molar-refractivity contribution in [1.29, 1.82) is 0 Å². The van der Waals surface area contributed by atoms with E-state index >= 15 is 0 Å². The predicted octanol–water partition coefficient (Wildman–Crippen LogP) is 3.70. The molecular weight excluding hydrogens is 304 g/mol. The molecule has 104 valence electrons. The number of nitrogens with one attached hydrogen (secondary N) is 2. The number of amides is 1. The van der Waals surface area contributed by atoms with E-state index in [4.69, 9.17) is 0 Å². The second-order valence-corrected chi connectivity index (χ2v) is 6.04. The Morgan fingerprint density at radius 1 is 1.21 bits per heavy atom. The van der Waals surface area contributed by atoms with E-state index in [-0.39, 0.29) is 5.91 Å². The highest BCUT2D eigenvalue weighted by molar-refractivity contribution is 9.10. The number of hydrogen-bond donors (Lipinski definition) is 2. The molecule has 0 bridgehead atoms. The lowest BCUT2D eigenvalue weighted by atomic mass is 10.1. The number of halogens is 1. The third-order valence-corrected chi connectivity index (χ3v) is 3.99. The summed E-state index contributed by atoms with van der Waals surface area (Å²) in [6, 6.07) is 8.23. The van der Waals surface area contributed by atoms with Crippen molar-refractivity contribution in [3.63, 3.8) is 0 Å². The number of hydrogen-bond acceptors (Lipinski definition) is 2. The van der Waals surface area contributed by atoms with Crippen molar-refractivity contribution < 1.29 is 4.79 Å². The number of carbonyl (C=O) groups excluding carboxylic acids is 1. The van der Waals surface area contributed by atoms with Crippen LogP contribution in [-0.2, 0) is 4.79 Å². The lowest BCUT2D eigenvalue weighted by molar-refractivity contribution is -0.120. The first-order valence-electron chi connectivity index (χ1n) is 7.03. The van der Waals surface area contributed by atoms with Crippen LogP contribution >= 0.6 is 15.9 Å². The van der Waals surface area contributed by atoms with E-state index in [9.17, 15) is 4.79 Å². The van der Waals surface area contributed by atoms with Crippen molar-refractivity contribution in [3.8, 4) is 0 Å². The zero-order valence-corrected chi connectivity index (χ0v) is 12.7. The fourth-order valence-corrected chi connectivity index (χ4v) is 2.88. The molecule has 0 saturated heterocycles. The molecule has 1 amide bonds. The van der Waals surface area contributed by atoms with Crippen molar-refractivity contribution >= 4 is 27.5 Å². The van der Waals surface area contributed by atoms with Gasteiger partial charge in [-0.15, -0.1) is 0 Å². The van der Waals surface area contributed by atoms with Gasteiger partial charge in [0.25, 0.3) is 0 Å². The first-order chi connectivity index (χ1) is 9.24. The normalized spacial score (nSPS) is 16.7. The summed E-state index contributed by atoms with van der Waals surface area (Å²) in [4.78, 5) is 11.9. The van der Waals surface area contributed by atoms with Gasteiger partial charge in [0, 0.05) is 16.2 Å². The topological polar surface area (TPSA) is 41.1 Å². The monoisotopic (exact) mass is 324 g/mol. The molecule has 2 N–H and O–H groups in total. The molecule has 1 aliphatic carbocycles. The molecule has 19 heavy (non-hydrogen) atoms. The van der Waals surface area contributed by atoms with Gasteiger partial charge >= 0.3 is 0 Å². The van der Waals surface area contributed by atoms with Crippen molar-refractivity contribution in [1.82, 2.24) is 5.32 Å². The molecule has 0 radical (unpaired) electrons. The third kappa shape index (κ3) is 5.23. The maximum absolute atomic E-state index is 11.9. The molecule has 0 unspecified atom stereocenters. The van der Waals surface area contributed by atoms with Crippen LogP contribution in [0.15, 0.2) is 28.7 Å². The average Bonchev–Trinajstić information content (AvgIpc) is 2.65. The Morgan fingerprint density at radius 3 is 2.63 bits per heavy atom. The Labute approximate surface area is 123 Å². The molecule has 0 atom stereocenters. The standard InChI is InChI=1S/C15H21BrN2O/c16-12-6-5-9-14(10-12)17-11-15(19)18-13-7-3-1-2-4-8-13/h5-6,9-10,13,17H,1-4,7-8,11H2,(H,18,19). The van der Waals surface area contributed by atoms with Crippen LogP contribution in [0, 0.1) is 0 Å². The molecule has 1 saturated carbocycles. The second kappa shape index (κ2) is 7.53. The van der Waals surface area contributed by atoms with Crippen LogP contribution in [0.1, 0.15) is 38.5 Å². The van der Waals surface area contributed by atoms with Crippen LogP contribution in [0.4, 0.5) is 5.69 Å². The molecule has 3 nitrogen and oxygen atoms in total. The van der Waals surface area contributed by atoms with E-state index in [0.29, 0.717) is 12.6 Å². The SMILES string of the molecule is O=C(CNc1cccc(Br)c1)NC1CCCCCC1. The molecule has 1 aliphatic rings. The Kier molecular flexibility index (Phi) is 5.70. The number of anilines is 1. The summed E-state index contributed by atoms with van der Waals surface area (Å²) in [7, 11) is 0. The maximum Gasteiger partial charge on any atom is 0.239 e. The van der Waals surface area contributed by atoms with Crippen molar-refractivity contribution in [3.05, 3.63) is 28.7 Å². The summed E-state index contributed by atoms with van der Waals surface area (Å²) in [6.07, 6.45) is 7.35. The Morgan fingerprint density at radius 2 is 1.95 bits per heavy atom. The van der Waals surface area contributed by atoms with E-state index < -0.39 is 0 Å². The molecule has 0 aromatic heterocycles. The van der Waals surface area contributed by atoms with E-state index in [1.54, 1.807) is 0 Å². The van der Waals surface area contributed by atoms with E-state index in [0.717, 1.165) is 23.0 Å². The molecule has 1 aromatic rings. The lowest BCUT2D eigenvalue weighted by Gasteiger charge is -2.16. The maximum atomic E-state index is 11.9. The summed E-state index contributed by atoms with van der Waals surface area (Å²) in [6.45, 7) is 0.340. The smallest absolute Gasteiger partial charge is 0.239 e. The van der Waals surface area contributed by atoms with Gasteiger partial charge in [-0.05, 0) is 31.0 Å². The third-order valence-electron chi connectivity index (χ3n) is 3.50. The van der Waals surface area contributed by atoms with Gasteiger partial charge in [-0.2, -0.15) is 0 Å². The van der Waals surface area contributed by atoms with Crippen molar-refractivity contribution in [2.45, 2.75) is 44.6 Å². The summed E-state index contributed by atoms with van der Waals surface area (Å²) in [5.41, 5.74) is 0.963. The highest BCUT2D eigenvalue weighted by atomic mass is 79.9.